The number of rotatable bonds is 10. The average molecular weight is 942 g/mol. The van der Waals surface area contributed by atoms with E-state index in [4.69, 9.17) is 42.6 Å². The second kappa shape index (κ2) is 19.3. The van der Waals surface area contributed by atoms with Crippen molar-refractivity contribution in [2.75, 3.05) is 24.9 Å². The number of methoxy groups -OCH3 is 2. The molecule has 2 N–H and O–H groups in total. The molecular formula is C46H42Cl2F4N12O2. The third-order valence-corrected chi connectivity index (χ3v) is 11.9. The molecule has 66 heavy (non-hydrogen) atoms. The highest BCUT2D eigenvalue weighted by Gasteiger charge is 2.27. The van der Waals surface area contributed by atoms with Crippen molar-refractivity contribution >= 4 is 46.5 Å². The minimum absolute atomic E-state index is 0.159. The highest BCUT2D eigenvalue weighted by atomic mass is 35.5. The molecule has 10 rings (SSSR count). The van der Waals surface area contributed by atoms with E-state index >= 15 is 0 Å². The van der Waals surface area contributed by atoms with Gasteiger partial charge in [0, 0.05) is 60.8 Å². The van der Waals surface area contributed by atoms with E-state index in [0.717, 1.165) is 85.1 Å². The van der Waals surface area contributed by atoms with Crippen molar-refractivity contribution in [2.24, 2.45) is 0 Å². The highest BCUT2D eigenvalue weighted by Crippen LogP contribution is 2.36. The van der Waals surface area contributed by atoms with E-state index in [-0.39, 0.29) is 11.8 Å². The summed E-state index contributed by atoms with van der Waals surface area (Å²) in [7, 11) is 3.18. The zero-order valence-corrected chi connectivity index (χ0v) is 37.1. The van der Waals surface area contributed by atoms with Gasteiger partial charge >= 0.3 is 0 Å². The van der Waals surface area contributed by atoms with Crippen LogP contribution in [0.2, 0.25) is 10.3 Å². The van der Waals surface area contributed by atoms with Crippen LogP contribution in [-0.2, 0) is 13.1 Å². The van der Waals surface area contributed by atoms with Gasteiger partial charge in [-0.3, -0.25) is 0 Å². The summed E-state index contributed by atoms with van der Waals surface area (Å²) >= 11 is 11.9. The first-order valence-electron chi connectivity index (χ1n) is 21.1. The third kappa shape index (κ3) is 9.55. The van der Waals surface area contributed by atoms with Gasteiger partial charge in [0.2, 0.25) is 11.9 Å². The number of aryl methyl sites for hydroxylation is 2. The van der Waals surface area contributed by atoms with Crippen LogP contribution in [0.3, 0.4) is 0 Å². The number of anilines is 4. The normalized spacial score (nSPS) is 15.7. The highest BCUT2D eigenvalue weighted by molar-refractivity contribution is 6.29. The Morgan fingerprint density at radius 2 is 1.00 bits per heavy atom. The molecule has 2 aliphatic heterocycles. The molecule has 0 bridgehead atoms. The minimum atomic E-state index is -0.855. The quantitative estimate of drug-likeness (QED) is 0.127. The van der Waals surface area contributed by atoms with E-state index in [9.17, 15) is 17.6 Å². The molecule has 0 saturated heterocycles. The van der Waals surface area contributed by atoms with Crippen LogP contribution in [0.25, 0.3) is 11.4 Å². The topological polar surface area (TPSA) is 140 Å². The number of nitrogens with one attached hydrogen (secondary N) is 2. The van der Waals surface area contributed by atoms with Gasteiger partial charge in [-0.1, -0.05) is 48.2 Å². The summed E-state index contributed by atoms with van der Waals surface area (Å²) in [5.41, 5.74) is 4.45. The SMILES string of the molecule is COc1cc(Nc2nc3n(n2)CCCC[C@@H]3c2ccc(F)c(F)c2)ccc1-n1cnc(Cl)c1.COc1cc(Nc2nc3n(n2)CCCC[C@H]3c2ccc(F)c(F)c2)ccc1-n1cnc(Cl)c1. The Morgan fingerprint density at radius 1 is 0.561 bits per heavy atom. The number of nitrogens with zero attached hydrogens (tertiary/aromatic N) is 10. The second-order valence-electron chi connectivity index (χ2n) is 15.7. The van der Waals surface area contributed by atoms with Gasteiger partial charge in [-0.25, -0.2) is 36.9 Å². The summed E-state index contributed by atoms with van der Waals surface area (Å²) in [5.74, 6) is -0.167. The first-order chi connectivity index (χ1) is 32.0. The van der Waals surface area contributed by atoms with Gasteiger partial charge in [0.1, 0.15) is 46.1 Å². The zero-order chi connectivity index (χ0) is 45.9. The molecular weight excluding hydrogens is 899 g/mol. The Labute approximate surface area is 386 Å². The Morgan fingerprint density at radius 3 is 1.38 bits per heavy atom. The van der Waals surface area contributed by atoms with Crippen LogP contribution >= 0.6 is 23.2 Å². The van der Waals surface area contributed by atoms with Crippen molar-refractivity contribution in [3.63, 3.8) is 0 Å². The zero-order valence-electron chi connectivity index (χ0n) is 35.6. The number of aromatic nitrogens is 10. The van der Waals surface area contributed by atoms with Crippen molar-refractivity contribution in [2.45, 2.75) is 63.5 Å². The number of fused-ring (bicyclic) bond motifs is 2. The van der Waals surface area contributed by atoms with E-state index < -0.39 is 23.3 Å². The maximum absolute atomic E-state index is 13.9. The van der Waals surface area contributed by atoms with Crippen LogP contribution in [0, 0.1) is 23.3 Å². The predicted octanol–water partition coefficient (Wildman–Crippen LogP) is 10.9. The maximum atomic E-state index is 13.9. The van der Waals surface area contributed by atoms with Gasteiger partial charge in [-0.05, 0) is 85.3 Å². The summed E-state index contributed by atoms with van der Waals surface area (Å²) in [6.07, 6.45) is 12.0. The lowest BCUT2D eigenvalue weighted by molar-refractivity contribution is 0.413. The molecule has 2 atom stereocenters. The number of halogens is 6. The molecule has 0 radical (unpaired) electrons. The fourth-order valence-corrected chi connectivity index (χ4v) is 8.58. The molecule has 4 aromatic heterocycles. The standard InChI is InChI=1S/2C23H21ClF2N6O/c2*1-33-20-11-15(6-8-19(20)31-12-21(24)27-13-31)28-23-29-22-16(4-2-3-9-32(22)30-23)14-5-7-17(25)18(26)10-14/h2*5-8,10-13,16H,2-4,9H2,1H3,(H,28,30)/t2*16-/m10/s1. The number of hydrogen-bond donors (Lipinski definition) is 2. The number of ether oxygens (including phenoxy) is 2. The monoisotopic (exact) mass is 940 g/mol. The molecule has 0 amide bonds. The summed E-state index contributed by atoms with van der Waals surface area (Å²) < 4.78 is 73.0. The summed E-state index contributed by atoms with van der Waals surface area (Å²) in [5, 5.41) is 16.5. The molecule has 0 unspecified atom stereocenters. The lowest BCUT2D eigenvalue weighted by atomic mass is 9.93. The first kappa shape index (κ1) is 44.3. The number of benzene rings is 4. The van der Waals surface area contributed by atoms with Crippen molar-refractivity contribution in [1.29, 1.82) is 0 Å². The molecule has 0 aliphatic carbocycles. The Bertz CT molecular complexity index is 2810. The van der Waals surface area contributed by atoms with Crippen LogP contribution in [0.1, 0.15) is 73.1 Å². The maximum Gasteiger partial charge on any atom is 0.246 e. The largest absolute Gasteiger partial charge is 0.494 e. The third-order valence-electron chi connectivity index (χ3n) is 11.5. The molecule has 20 heteroatoms. The average Bonchev–Trinajstić information content (AvgIpc) is 4.09. The van der Waals surface area contributed by atoms with Gasteiger partial charge in [-0.2, -0.15) is 9.97 Å². The van der Waals surface area contributed by atoms with Crippen molar-refractivity contribution in [1.82, 2.24) is 48.6 Å². The van der Waals surface area contributed by atoms with Crippen LogP contribution in [0.5, 0.6) is 11.5 Å². The van der Waals surface area contributed by atoms with Crippen molar-refractivity contribution in [3.8, 4) is 22.9 Å². The number of hydrogen-bond acceptors (Lipinski definition) is 10. The van der Waals surface area contributed by atoms with Crippen molar-refractivity contribution in [3.05, 3.63) is 154 Å². The predicted molar refractivity (Wildman–Crippen MR) is 241 cm³/mol. The molecule has 340 valence electrons. The van der Waals surface area contributed by atoms with E-state index in [1.165, 1.54) is 12.1 Å². The molecule has 8 aromatic rings. The molecule has 14 nitrogen and oxygen atoms in total. The van der Waals surface area contributed by atoms with Crippen LogP contribution in [0.4, 0.5) is 40.8 Å². The van der Waals surface area contributed by atoms with Crippen LogP contribution in [-0.4, -0.2) is 62.9 Å². The molecule has 4 aromatic carbocycles. The minimum Gasteiger partial charge on any atom is -0.494 e. The lowest BCUT2D eigenvalue weighted by Gasteiger charge is -2.14. The molecule has 0 fully saturated rings. The summed E-state index contributed by atoms with van der Waals surface area (Å²) in [4.78, 5) is 17.5. The van der Waals surface area contributed by atoms with Gasteiger partial charge in [-0.15, -0.1) is 10.2 Å². The van der Waals surface area contributed by atoms with Gasteiger partial charge in [0.05, 0.1) is 25.6 Å². The molecule has 2 aliphatic rings. The molecule has 6 heterocycles. The van der Waals surface area contributed by atoms with E-state index in [2.05, 4.69) is 30.8 Å². The second-order valence-corrected chi connectivity index (χ2v) is 16.5. The Hall–Kier alpha value is -6.92. The Balaban J connectivity index is 0.000000166. The van der Waals surface area contributed by atoms with Crippen molar-refractivity contribution < 1.29 is 27.0 Å². The fourth-order valence-electron chi connectivity index (χ4n) is 8.28. The van der Waals surface area contributed by atoms with Gasteiger partial charge < -0.3 is 29.2 Å². The molecule has 0 spiro atoms. The summed E-state index contributed by atoms with van der Waals surface area (Å²) in [6, 6.07) is 19.3. The van der Waals surface area contributed by atoms with E-state index in [0.29, 0.717) is 57.9 Å². The van der Waals surface area contributed by atoms with E-state index in [1.807, 2.05) is 45.8 Å². The summed E-state index contributed by atoms with van der Waals surface area (Å²) in [6.45, 7) is 1.43. The Kier molecular flexibility index (Phi) is 12.9. The van der Waals surface area contributed by atoms with Gasteiger partial charge in [0.25, 0.3) is 0 Å². The first-order valence-corrected chi connectivity index (χ1v) is 21.9. The molecule has 0 saturated carbocycles. The fraction of sp³-hybridized carbons (Fsp3) is 0.261. The van der Waals surface area contributed by atoms with Gasteiger partial charge in [0.15, 0.2) is 23.3 Å². The smallest absolute Gasteiger partial charge is 0.246 e. The van der Waals surface area contributed by atoms with E-state index in [1.54, 1.807) is 60.5 Å². The van der Waals surface area contributed by atoms with Crippen LogP contribution < -0.4 is 20.1 Å². The lowest BCUT2D eigenvalue weighted by Crippen LogP contribution is -2.09. The van der Waals surface area contributed by atoms with Crippen LogP contribution in [0.15, 0.2) is 97.8 Å². The number of imidazole rings is 2.